The van der Waals surface area contributed by atoms with Crippen LogP contribution < -0.4 is 10.2 Å². The molecular weight excluding hydrogens is 506 g/mol. The minimum atomic E-state index is -3.63. The third-order valence-corrected chi connectivity index (χ3v) is 10.2. The highest BCUT2D eigenvalue weighted by molar-refractivity contribution is 7.89. The van der Waals surface area contributed by atoms with Crippen LogP contribution in [0, 0.1) is 11.8 Å². The Bertz CT molecular complexity index is 1410. The average Bonchev–Trinajstić information content (AvgIpc) is 3.20. The van der Waals surface area contributed by atoms with Crippen LogP contribution in [0.5, 0.6) is 0 Å². The summed E-state index contributed by atoms with van der Waals surface area (Å²) < 4.78 is 28.2. The predicted molar refractivity (Wildman–Crippen MR) is 149 cm³/mol. The molecule has 0 radical (unpaired) electrons. The first-order valence-electron chi connectivity index (χ1n) is 13.1. The van der Waals surface area contributed by atoms with Crippen LogP contribution in [0.4, 0.5) is 11.5 Å². The maximum atomic E-state index is 13.3. The Morgan fingerprint density at radius 1 is 1.14 bits per heavy atom. The molecule has 0 spiro atoms. The second-order valence-electron chi connectivity index (χ2n) is 10.7. The molecule has 37 heavy (non-hydrogen) atoms. The van der Waals surface area contributed by atoms with Gasteiger partial charge in [-0.2, -0.15) is 4.31 Å². The molecular formula is C27H35N5O3S2. The van der Waals surface area contributed by atoms with Gasteiger partial charge in [0.1, 0.15) is 16.5 Å². The molecule has 1 N–H and O–H groups in total. The van der Waals surface area contributed by atoms with E-state index in [0.717, 1.165) is 35.7 Å². The number of nitrogens with one attached hydrogen (secondary N) is 1. The van der Waals surface area contributed by atoms with E-state index in [1.54, 1.807) is 28.6 Å². The summed E-state index contributed by atoms with van der Waals surface area (Å²) in [4.78, 5) is 26.3. The smallest absolute Gasteiger partial charge is 0.243 e. The number of hydrogen-bond acceptors (Lipinski definition) is 7. The van der Waals surface area contributed by atoms with E-state index in [4.69, 9.17) is 9.97 Å². The summed E-state index contributed by atoms with van der Waals surface area (Å²) in [6.45, 7) is 10.1. The van der Waals surface area contributed by atoms with Crippen LogP contribution >= 0.6 is 11.3 Å². The Labute approximate surface area is 223 Å². The van der Waals surface area contributed by atoms with Crippen LogP contribution in [0.15, 0.2) is 29.2 Å². The topological polar surface area (TPSA) is 95.5 Å². The van der Waals surface area contributed by atoms with Gasteiger partial charge >= 0.3 is 0 Å². The number of aryl methyl sites for hydroxylation is 1. The van der Waals surface area contributed by atoms with Crippen molar-refractivity contribution < 1.29 is 13.2 Å². The lowest BCUT2D eigenvalue weighted by atomic mass is 9.89. The maximum Gasteiger partial charge on any atom is 0.243 e. The summed E-state index contributed by atoms with van der Waals surface area (Å²) in [5.74, 6) is 2.80. The van der Waals surface area contributed by atoms with Gasteiger partial charge in [0.2, 0.25) is 15.9 Å². The van der Waals surface area contributed by atoms with E-state index in [9.17, 15) is 13.2 Å². The number of rotatable bonds is 6. The number of nitrogens with zero attached hydrogens (tertiary/aromatic N) is 4. The molecule has 5 rings (SSSR count). The minimum absolute atomic E-state index is 0.191. The highest BCUT2D eigenvalue weighted by atomic mass is 32.2. The molecule has 1 saturated heterocycles. The fourth-order valence-corrected chi connectivity index (χ4v) is 8.07. The molecule has 10 heteroatoms. The van der Waals surface area contributed by atoms with Crippen LogP contribution in [-0.2, 0) is 34.1 Å². The number of thiophene rings is 1. The number of aromatic nitrogens is 2. The largest absolute Gasteiger partial charge is 0.353 e. The molecule has 1 fully saturated rings. The molecule has 3 aromatic rings. The van der Waals surface area contributed by atoms with E-state index < -0.39 is 10.0 Å². The molecule has 1 amide bonds. The normalized spacial score (nSPS) is 18.8. The number of amides is 1. The zero-order chi connectivity index (χ0) is 26.3. The third-order valence-electron chi connectivity index (χ3n) is 7.12. The zero-order valence-electron chi connectivity index (χ0n) is 22.0. The minimum Gasteiger partial charge on any atom is -0.353 e. The number of carbonyl (C=O) groups excluding carboxylic acids is 1. The van der Waals surface area contributed by atoms with Crippen LogP contribution in [-0.4, -0.2) is 54.8 Å². The number of sulfonamides is 1. The molecule has 8 nitrogen and oxygen atoms in total. The number of fused-ring (bicyclic) bond motifs is 3. The van der Waals surface area contributed by atoms with Gasteiger partial charge in [-0.25, -0.2) is 18.4 Å². The van der Waals surface area contributed by atoms with Gasteiger partial charge in [0.25, 0.3) is 0 Å². The zero-order valence-corrected chi connectivity index (χ0v) is 23.6. The lowest BCUT2D eigenvalue weighted by Crippen LogP contribution is -2.49. The predicted octanol–water partition coefficient (Wildman–Crippen LogP) is 4.48. The summed E-state index contributed by atoms with van der Waals surface area (Å²) in [5.41, 5.74) is 1.98. The molecule has 0 bridgehead atoms. The molecule has 2 aliphatic rings. The Hall–Kier alpha value is -2.56. The molecule has 1 aliphatic carbocycles. The molecule has 0 saturated carbocycles. The molecule has 1 aromatic carbocycles. The number of carbonyl (C=O) groups is 1. The van der Waals surface area contributed by atoms with Gasteiger partial charge in [0.15, 0.2) is 0 Å². The summed E-state index contributed by atoms with van der Waals surface area (Å²) in [6.07, 6.45) is 4.16. The standard InChI is InChI=1S/C27H35N5O3S2/c1-17(2)15-24-29-26(25-22-10-5-18(3)16-23(22)36-27(25)30-24)31-11-13-32(14-12-31)37(34,35)21-8-6-20(7-9-21)28-19(4)33/h6-9,17-18H,5,10-16H2,1-4H3,(H,28,33). The molecule has 198 valence electrons. The van der Waals surface area contributed by atoms with E-state index in [1.807, 2.05) is 11.3 Å². The second kappa shape index (κ2) is 10.3. The van der Waals surface area contributed by atoms with Crippen LogP contribution in [0.2, 0.25) is 0 Å². The summed E-state index contributed by atoms with van der Waals surface area (Å²) >= 11 is 1.82. The van der Waals surface area contributed by atoms with E-state index in [0.29, 0.717) is 43.7 Å². The number of benzene rings is 1. The first-order valence-corrected chi connectivity index (χ1v) is 15.3. The highest BCUT2D eigenvalue weighted by Crippen LogP contribution is 2.41. The van der Waals surface area contributed by atoms with E-state index in [1.165, 1.54) is 29.2 Å². The Morgan fingerprint density at radius 2 is 1.84 bits per heavy atom. The molecule has 1 atom stereocenters. The monoisotopic (exact) mass is 541 g/mol. The Balaban J connectivity index is 1.40. The van der Waals surface area contributed by atoms with Crippen molar-refractivity contribution in [2.45, 2.75) is 58.3 Å². The van der Waals surface area contributed by atoms with Crippen LogP contribution in [0.3, 0.4) is 0 Å². The first-order chi connectivity index (χ1) is 17.6. The highest BCUT2D eigenvalue weighted by Gasteiger charge is 2.31. The molecule has 1 aliphatic heterocycles. The van der Waals surface area contributed by atoms with Gasteiger partial charge in [0, 0.05) is 50.1 Å². The van der Waals surface area contributed by atoms with Crippen molar-refractivity contribution in [3.8, 4) is 0 Å². The lowest BCUT2D eigenvalue weighted by Gasteiger charge is -2.35. The van der Waals surface area contributed by atoms with Crippen molar-refractivity contribution in [3.05, 3.63) is 40.5 Å². The van der Waals surface area contributed by atoms with Gasteiger partial charge in [-0.3, -0.25) is 4.79 Å². The van der Waals surface area contributed by atoms with Gasteiger partial charge in [0.05, 0.1) is 10.3 Å². The van der Waals surface area contributed by atoms with Crippen molar-refractivity contribution in [1.82, 2.24) is 14.3 Å². The fraction of sp³-hybridized carbons (Fsp3) is 0.519. The lowest BCUT2D eigenvalue weighted by molar-refractivity contribution is -0.114. The third kappa shape index (κ3) is 5.37. The van der Waals surface area contributed by atoms with Gasteiger partial charge in [-0.1, -0.05) is 20.8 Å². The number of piperazine rings is 1. The van der Waals surface area contributed by atoms with Gasteiger partial charge in [-0.05, 0) is 60.9 Å². The van der Waals surface area contributed by atoms with Gasteiger partial charge < -0.3 is 10.2 Å². The van der Waals surface area contributed by atoms with Crippen LogP contribution in [0.1, 0.15) is 50.4 Å². The van der Waals surface area contributed by atoms with Crippen molar-refractivity contribution in [2.24, 2.45) is 11.8 Å². The number of anilines is 2. The Morgan fingerprint density at radius 3 is 2.49 bits per heavy atom. The summed E-state index contributed by atoms with van der Waals surface area (Å²) in [5, 5.41) is 3.86. The fourth-order valence-electron chi connectivity index (χ4n) is 5.25. The molecule has 2 aromatic heterocycles. The van der Waals surface area contributed by atoms with E-state index in [-0.39, 0.29) is 10.8 Å². The van der Waals surface area contributed by atoms with Crippen molar-refractivity contribution >= 4 is 49.0 Å². The molecule has 3 heterocycles. The average molecular weight is 542 g/mol. The quantitative estimate of drug-likeness (QED) is 0.494. The molecule has 1 unspecified atom stereocenters. The first kappa shape index (κ1) is 26.1. The summed E-state index contributed by atoms with van der Waals surface area (Å²) in [6, 6.07) is 6.35. The second-order valence-corrected chi connectivity index (χ2v) is 13.7. The SMILES string of the molecule is CC(=O)Nc1ccc(S(=O)(=O)N2CCN(c3nc(CC(C)C)nc4sc5c(c34)CCC(C)C5)CC2)cc1. The van der Waals surface area contributed by atoms with Gasteiger partial charge in [-0.15, -0.1) is 11.3 Å². The number of hydrogen-bond donors (Lipinski definition) is 1. The maximum absolute atomic E-state index is 13.3. The summed E-state index contributed by atoms with van der Waals surface area (Å²) in [7, 11) is -3.63. The van der Waals surface area contributed by atoms with E-state index in [2.05, 4.69) is 31.0 Å². The van der Waals surface area contributed by atoms with Crippen LogP contribution in [0.25, 0.3) is 10.2 Å². The van der Waals surface area contributed by atoms with Crippen molar-refractivity contribution in [1.29, 1.82) is 0 Å². The van der Waals surface area contributed by atoms with E-state index >= 15 is 0 Å². The van der Waals surface area contributed by atoms with Crippen molar-refractivity contribution in [3.63, 3.8) is 0 Å². The van der Waals surface area contributed by atoms with Crippen molar-refractivity contribution in [2.75, 3.05) is 36.4 Å². The Kier molecular flexibility index (Phi) is 7.26.